The average molecular weight is 376 g/mol. The molecule has 0 amide bonds. The van der Waals surface area contributed by atoms with Crippen molar-refractivity contribution in [3.63, 3.8) is 0 Å². The van der Waals surface area contributed by atoms with Gasteiger partial charge in [0.2, 0.25) is 0 Å². The van der Waals surface area contributed by atoms with Gasteiger partial charge in [-0.15, -0.1) is 5.10 Å². The molecule has 1 unspecified atom stereocenters. The number of nitrogens with zero attached hydrogens (tertiary/aromatic N) is 6. The number of hydrogen-bond donors (Lipinski definition) is 0. The summed E-state index contributed by atoms with van der Waals surface area (Å²) in [5.74, 6) is 0.793. The van der Waals surface area contributed by atoms with E-state index in [0.717, 1.165) is 22.4 Å². The molecule has 0 radical (unpaired) electrons. The first-order chi connectivity index (χ1) is 13.1. The molecular weight excluding hydrogens is 356 g/mol. The molecule has 136 valence electrons. The Morgan fingerprint density at radius 2 is 1.81 bits per heavy atom. The number of thioether (sulfide) groups is 1. The maximum Gasteiger partial charge on any atom is 0.173 e. The average Bonchev–Trinajstić information content (AvgIpc) is 3.34. The van der Waals surface area contributed by atoms with Gasteiger partial charge in [0.25, 0.3) is 0 Å². The lowest BCUT2D eigenvalue weighted by Gasteiger charge is -2.15. The Kier molecular flexibility index (Phi) is 4.77. The second kappa shape index (κ2) is 7.36. The molecule has 0 N–H and O–H groups in total. The number of hydrogen-bond acceptors (Lipinski definition) is 5. The van der Waals surface area contributed by atoms with Crippen LogP contribution in [0.25, 0.3) is 11.4 Å². The molecule has 2 heterocycles. The van der Waals surface area contributed by atoms with Crippen molar-refractivity contribution in [2.45, 2.75) is 31.2 Å². The summed E-state index contributed by atoms with van der Waals surface area (Å²) in [5.41, 5.74) is 4.60. The van der Waals surface area contributed by atoms with Gasteiger partial charge in [0.15, 0.2) is 11.0 Å². The van der Waals surface area contributed by atoms with E-state index >= 15 is 0 Å². The van der Waals surface area contributed by atoms with Crippen molar-refractivity contribution in [1.82, 2.24) is 29.8 Å². The Morgan fingerprint density at radius 1 is 1.00 bits per heavy atom. The molecule has 0 saturated carbocycles. The molecule has 4 rings (SSSR count). The highest BCUT2D eigenvalue weighted by Gasteiger charge is 2.20. The SMILES string of the molecule is Cc1cccc(-n2ccnc2SC(C)c2nnnn2-c2ccccc2)c1C. The van der Waals surface area contributed by atoms with Gasteiger partial charge < -0.3 is 0 Å². The zero-order chi connectivity index (χ0) is 18.8. The quantitative estimate of drug-likeness (QED) is 0.486. The second-order valence-electron chi connectivity index (χ2n) is 6.34. The second-order valence-corrected chi connectivity index (χ2v) is 7.65. The molecule has 0 aliphatic carbocycles. The normalized spacial score (nSPS) is 12.3. The monoisotopic (exact) mass is 376 g/mol. The lowest BCUT2D eigenvalue weighted by Crippen LogP contribution is -2.06. The van der Waals surface area contributed by atoms with E-state index < -0.39 is 0 Å². The van der Waals surface area contributed by atoms with E-state index in [2.05, 4.69) is 64.0 Å². The lowest BCUT2D eigenvalue weighted by molar-refractivity contribution is 0.761. The molecule has 0 spiro atoms. The maximum absolute atomic E-state index is 4.56. The first-order valence-electron chi connectivity index (χ1n) is 8.75. The standard InChI is InChI=1S/C20H20N6S/c1-14-8-7-11-18(15(14)2)25-13-12-21-20(25)27-16(3)19-22-23-24-26(19)17-9-5-4-6-10-17/h4-13,16H,1-3H3. The highest BCUT2D eigenvalue weighted by molar-refractivity contribution is 7.99. The summed E-state index contributed by atoms with van der Waals surface area (Å²) in [4.78, 5) is 4.56. The highest BCUT2D eigenvalue weighted by Crippen LogP contribution is 2.35. The van der Waals surface area contributed by atoms with Crippen molar-refractivity contribution in [1.29, 1.82) is 0 Å². The van der Waals surface area contributed by atoms with E-state index in [1.807, 2.05) is 42.7 Å². The minimum Gasteiger partial charge on any atom is -0.295 e. The fraction of sp³-hybridized carbons (Fsp3) is 0.200. The van der Waals surface area contributed by atoms with E-state index in [1.165, 1.54) is 11.1 Å². The molecule has 0 fully saturated rings. The minimum atomic E-state index is 0.0338. The summed E-state index contributed by atoms with van der Waals surface area (Å²) in [5, 5.41) is 13.2. The Bertz CT molecular complexity index is 1050. The molecule has 4 aromatic rings. The molecule has 0 bridgehead atoms. The Hall–Kier alpha value is -2.93. The minimum absolute atomic E-state index is 0.0338. The lowest BCUT2D eigenvalue weighted by atomic mass is 10.1. The van der Waals surface area contributed by atoms with Crippen molar-refractivity contribution in [2.24, 2.45) is 0 Å². The van der Waals surface area contributed by atoms with Gasteiger partial charge >= 0.3 is 0 Å². The molecule has 7 heteroatoms. The summed E-state index contributed by atoms with van der Waals surface area (Å²) >= 11 is 1.64. The Morgan fingerprint density at radius 3 is 2.63 bits per heavy atom. The summed E-state index contributed by atoms with van der Waals surface area (Å²) < 4.78 is 3.91. The number of aryl methyl sites for hydroxylation is 1. The van der Waals surface area contributed by atoms with E-state index in [4.69, 9.17) is 0 Å². The van der Waals surface area contributed by atoms with Gasteiger partial charge in [-0.1, -0.05) is 42.1 Å². The first-order valence-corrected chi connectivity index (χ1v) is 9.63. The topological polar surface area (TPSA) is 61.4 Å². The Balaban J connectivity index is 1.65. The van der Waals surface area contributed by atoms with Crippen molar-refractivity contribution < 1.29 is 0 Å². The fourth-order valence-corrected chi connectivity index (χ4v) is 3.93. The molecule has 0 aliphatic heterocycles. The van der Waals surface area contributed by atoms with Crippen LogP contribution in [-0.2, 0) is 0 Å². The molecule has 6 nitrogen and oxygen atoms in total. The number of para-hydroxylation sites is 1. The van der Waals surface area contributed by atoms with Gasteiger partial charge in [-0.05, 0) is 60.5 Å². The first kappa shape index (κ1) is 17.5. The van der Waals surface area contributed by atoms with Gasteiger partial charge in [-0.2, -0.15) is 4.68 Å². The molecular formula is C20H20N6S. The third-order valence-corrected chi connectivity index (χ3v) is 5.66. The smallest absolute Gasteiger partial charge is 0.173 e. The molecule has 27 heavy (non-hydrogen) atoms. The van der Waals surface area contributed by atoms with Crippen molar-refractivity contribution in [2.75, 3.05) is 0 Å². The van der Waals surface area contributed by atoms with E-state index in [0.29, 0.717) is 0 Å². The summed E-state index contributed by atoms with van der Waals surface area (Å²) in [7, 11) is 0. The summed E-state index contributed by atoms with van der Waals surface area (Å²) in [6.07, 6.45) is 3.83. The Labute approximate surface area is 162 Å². The van der Waals surface area contributed by atoms with E-state index in [9.17, 15) is 0 Å². The number of tetrazole rings is 1. The van der Waals surface area contributed by atoms with Crippen LogP contribution in [-0.4, -0.2) is 29.8 Å². The number of rotatable bonds is 5. The number of imidazole rings is 1. The molecule has 1 atom stereocenters. The van der Waals surface area contributed by atoms with Crippen LogP contribution in [0.1, 0.15) is 29.1 Å². The van der Waals surface area contributed by atoms with Crippen molar-refractivity contribution >= 4 is 11.8 Å². The predicted octanol–water partition coefficient (Wildman–Crippen LogP) is 4.32. The molecule has 2 aromatic carbocycles. The van der Waals surface area contributed by atoms with Gasteiger partial charge in [0, 0.05) is 12.4 Å². The van der Waals surface area contributed by atoms with Crippen LogP contribution < -0.4 is 0 Å². The summed E-state index contributed by atoms with van der Waals surface area (Å²) in [6, 6.07) is 16.2. The van der Waals surface area contributed by atoms with Gasteiger partial charge in [-0.25, -0.2) is 4.98 Å². The highest BCUT2D eigenvalue weighted by atomic mass is 32.2. The van der Waals surface area contributed by atoms with Crippen molar-refractivity contribution in [3.8, 4) is 11.4 Å². The van der Waals surface area contributed by atoms with Gasteiger partial charge in [0.1, 0.15) is 0 Å². The van der Waals surface area contributed by atoms with Crippen LogP contribution in [0.2, 0.25) is 0 Å². The van der Waals surface area contributed by atoms with Crippen LogP contribution in [0.4, 0.5) is 0 Å². The fourth-order valence-electron chi connectivity index (χ4n) is 2.97. The third kappa shape index (κ3) is 3.38. The van der Waals surface area contributed by atoms with Crippen LogP contribution in [0.5, 0.6) is 0 Å². The van der Waals surface area contributed by atoms with Gasteiger partial charge in [-0.3, -0.25) is 4.57 Å². The molecule has 2 aromatic heterocycles. The van der Waals surface area contributed by atoms with E-state index in [1.54, 1.807) is 16.4 Å². The van der Waals surface area contributed by atoms with Crippen molar-refractivity contribution in [3.05, 3.63) is 77.9 Å². The van der Waals surface area contributed by atoms with Crippen LogP contribution in [0.15, 0.2) is 66.1 Å². The van der Waals surface area contributed by atoms with Gasteiger partial charge in [0.05, 0.1) is 16.6 Å². The zero-order valence-electron chi connectivity index (χ0n) is 15.4. The summed E-state index contributed by atoms with van der Waals surface area (Å²) in [6.45, 7) is 6.36. The molecule has 0 aliphatic rings. The predicted molar refractivity (Wildman–Crippen MR) is 106 cm³/mol. The number of aromatic nitrogens is 6. The third-order valence-electron chi connectivity index (χ3n) is 4.58. The zero-order valence-corrected chi connectivity index (χ0v) is 16.3. The van der Waals surface area contributed by atoms with Crippen LogP contribution in [0.3, 0.4) is 0 Å². The maximum atomic E-state index is 4.56. The van der Waals surface area contributed by atoms with Crippen LogP contribution >= 0.6 is 11.8 Å². The van der Waals surface area contributed by atoms with Crippen LogP contribution in [0, 0.1) is 13.8 Å². The number of benzene rings is 2. The largest absolute Gasteiger partial charge is 0.295 e. The van der Waals surface area contributed by atoms with E-state index in [-0.39, 0.29) is 5.25 Å². The molecule has 0 saturated heterocycles.